The van der Waals surface area contributed by atoms with Crippen molar-refractivity contribution in [2.45, 2.75) is 44.3 Å². The molecule has 0 amide bonds. The molecular formula is C13H16F3N3S. The number of halogens is 3. The number of nitrogens with zero attached hydrogens (tertiary/aromatic N) is 1. The van der Waals surface area contributed by atoms with E-state index in [1.807, 2.05) is 6.92 Å². The molecule has 1 saturated carbocycles. The highest BCUT2D eigenvalue weighted by Crippen LogP contribution is 2.35. The summed E-state index contributed by atoms with van der Waals surface area (Å²) in [4.78, 5) is 3.71. The van der Waals surface area contributed by atoms with Gasteiger partial charge in [-0.05, 0) is 31.9 Å². The second-order valence-corrected chi connectivity index (χ2v) is 5.79. The Kier molecular flexibility index (Phi) is 3.90. The van der Waals surface area contributed by atoms with E-state index in [1.54, 1.807) is 0 Å². The molecule has 0 radical (unpaired) electrons. The van der Waals surface area contributed by atoms with Crippen LogP contribution in [0.2, 0.25) is 0 Å². The van der Waals surface area contributed by atoms with E-state index in [9.17, 15) is 13.2 Å². The first kappa shape index (κ1) is 15.0. The smallest absolute Gasteiger partial charge is 0.389 e. The van der Waals surface area contributed by atoms with Gasteiger partial charge in [-0.1, -0.05) is 25.1 Å². The third-order valence-corrected chi connectivity index (χ3v) is 3.80. The van der Waals surface area contributed by atoms with Gasteiger partial charge < -0.3 is 11.1 Å². The van der Waals surface area contributed by atoms with Gasteiger partial charge in [-0.2, -0.15) is 13.2 Å². The number of aromatic nitrogens is 1. The molecule has 0 unspecified atom stereocenters. The van der Waals surface area contributed by atoms with E-state index >= 15 is 0 Å². The lowest BCUT2D eigenvalue weighted by molar-refractivity contribution is -0.141. The fourth-order valence-electron chi connectivity index (χ4n) is 2.48. The summed E-state index contributed by atoms with van der Waals surface area (Å²) in [6, 6.07) is 2.18. The summed E-state index contributed by atoms with van der Waals surface area (Å²) < 4.78 is 38.3. The van der Waals surface area contributed by atoms with Crippen LogP contribution in [0.15, 0.2) is 12.1 Å². The number of pyridine rings is 1. The zero-order chi connectivity index (χ0) is 15.0. The van der Waals surface area contributed by atoms with Gasteiger partial charge in [0.05, 0.1) is 5.56 Å². The van der Waals surface area contributed by atoms with Gasteiger partial charge in [-0.3, -0.25) is 0 Å². The molecular weight excluding hydrogens is 287 g/mol. The van der Waals surface area contributed by atoms with Gasteiger partial charge in [0.15, 0.2) is 0 Å². The molecule has 0 saturated heterocycles. The topological polar surface area (TPSA) is 50.9 Å². The monoisotopic (exact) mass is 303 g/mol. The Bertz CT molecular complexity index is 522. The number of hydrogen-bond donors (Lipinski definition) is 2. The van der Waals surface area contributed by atoms with Crippen LogP contribution in [0.1, 0.15) is 43.9 Å². The SMILES string of the molecule is CC1(Nc2nc(C(F)(F)F)ccc2C(N)=S)CCCC1. The van der Waals surface area contributed by atoms with Crippen molar-refractivity contribution in [1.82, 2.24) is 4.98 Å². The predicted octanol–water partition coefficient (Wildman–Crippen LogP) is 3.48. The highest BCUT2D eigenvalue weighted by molar-refractivity contribution is 7.80. The maximum absolute atomic E-state index is 12.8. The third-order valence-electron chi connectivity index (χ3n) is 3.58. The summed E-state index contributed by atoms with van der Waals surface area (Å²) in [5.41, 5.74) is 4.71. The number of anilines is 1. The first-order valence-corrected chi connectivity index (χ1v) is 6.78. The minimum atomic E-state index is -4.48. The summed E-state index contributed by atoms with van der Waals surface area (Å²) in [5, 5.41) is 3.10. The van der Waals surface area contributed by atoms with E-state index in [0.29, 0.717) is 5.56 Å². The van der Waals surface area contributed by atoms with Crippen LogP contribution in [0.3, 0.4) is 0 Å². The Morgan fingerprint density at radius 2 is 1.95 bits per heavy atom. The van der Waals surface area contributed by atoms with E-state index in [1.165, 1.54) is 6.07 Å². The van der Waals surface area contributed by atoms with Crippen LogP contribution < -0.4 is 11.1 Å². The maximum Gasteiger partial charge on any atom is 0.433 e. The molecule has 0 aromatic carbocycles. The summed E-state index contributed by atoms with van der Waals surface area (Å²) in [7, 11) is 0. The van der Waals surface area contributed by atoms with Gasteiger partial charge in [-0.25, -0.2) is 4.98 Å². The lowest BCUT2D eigenvalue weighted by Gasteiger charge is -2.27. The number of nitrogens with two attached hydrogens (primary N) is 1. The molecule has 1 aliphatic rings. The maximum atomic E-state index is 12.8. The minimum Gasteiger partial charge on any atom is -0.389 e. The zero-order valence-corrected chi connectivity index (χ0v) is 11.9. The second-order valence-electron chi connectivity index (χ2n) is 5.35. The van der Waals surface area contributed by atoms with Gasteiger partial charge in [0, 0.05) is 5.54 Å². The Balaban J connectivity index is 2.39. The highest BCUT2D eigenvalue weighted by atomic mass is 32.1. The number of hydrogen-bond acceptors (Lipinski definition) is 3. The van der Waals surface area contributed by atoms with Gasteiger partial charge in [-0.15, -0.1) is 0 Å². The largest absolute Gasteiger partial charge is 0.433 e. The van der Waals surface area contributed by atoms with Gasteiger partial charge >= 0.3 is 6.18 Å². The second kappa shape index (κ2) is 5.20. The standard InChI is InChI=1S/C13H16F3N3S/c1-12(6-2-3-7-12)19-11-8(10(17)20)4-5-9(18-11)13(14,15)16/h4-5H,2-3,6-7H2,1H3,(H2,17,20)(H,18,19). The van der Waals surface area contributed by atoms with Gasteiger partial charge in [0.1, 0.15) is 16.5 Å². The Morgan fingerprint density at radius 3 is 2.45 bits per heavy atom. The zero-order valence-electron chi connectivity index (χ0n) is 11.0. The number of nitrogens with one attached hydrogen (secondary N) is 1. The lowest BCUT2D eigenvalue weighted by atomic mass is 10.0. The molecule has 0 spiro atoms. The quantitative estimate of drug-likeness (QED) is 0.839. The van der Waals surface area contributed by atoms with E-state index in [0.717, 1.165) is 31.7 Å². The fourth-order valence-corrected chi connectivity index (χ4v) is 2.64. The van der Waals surface area contributed by atoms with E-state index in [2.05, 4.69) is 10.3 Å². The van der Waals surface area contributed by atoms with Crippen LogP contribution in [0.5, 0.6) is 0 Å². The van der Waals surface area contributed by atoms with Crippen molar-refractivity contribution in [2.75, 3.05) is 5.32 Å². The van der Waals surface area contributed by atoms with Crippen LogP contribution >= 0.6 is 12.2 Å². The molecule has 0 bridgehead atoms. The normalized spacial score (nSPS) is 18.0. The summed E-state index contributed by atoms with van der Waals surface area (Å²) >= 11 is 4.88. The Labute approximate surface area is 120 Å². The summed E-state index contributed by atoms with van der Waals surface area (Å²) in [5.74, 6) is 0.122. The van der Waals surface area contributed by atoms with E-state index in [-0.39, 0.29) is 16.3 Å². The van der Waals surface area contributed by atoms with Gasteiger partial charge in [0.2, 0.25) is 0 Å². The molecule has 1 aromatic heterocycles. The lowest BCUT2D eigenvalue weighted by Crippen LogP contribution is -2.33. The molecule has 20 heavy (non-hydrogen) atoms. The van der Waals surface area contributed by atoms with Crippen LogP contribution in [-0.4, -0.2) is 15.5 Å². The fraction of sp³-hybridized carbons (Fsp3) is 0.538. The summed E-state index contributed by atoms with van der Waals surface area (Å²) in [6.45, 7) is 1.98. The van der Waals surface area contributed by atoms with Crippen LogP contribution in [0.4, 0.5) is 19.0 Å². The van der Waals surface area contributed by atoms with Crippen LogP contribution in [0, 0.1) is 0 Å². The number of thiocarbonyl (C=S) groups is 1. The molecule has 110 valence electrons. The molecule has 2 rings (SSSR count). The predicted molar refractivity (Wildman–Crippen MR) is 75.6 cm³/mol. The van der Waals surface area contributed by atoms with Crippen molar-refractivity contribution >= 4 is 23.0 Å². The van der Waals surface area contributed by atoms with Crippen molar-refractivity contribution in [2.24, 2.45) is 5.73 Å². The van der Waals surface area contributed by atoms with Crippen molar-refractivity contribution in [1.29, 1.82) is 0 Å². The third kappa shape index (κ3) is 3.20. The minimum absolute atomic E-state index is 0.0373. The first-order valence-electron chi connectivity index (χ1n) is 6.37. The highest BCUT2D eigenvalue weighted by Gasteiger charge is 2.35. The molecule has 1 fully saturated rings. The first-order chi connectivity index (χ1) is 9.21. The Hall–Kier alpha value is -1.37. The molecule has 1 aliphatic carbocycles. The number of alkyl halides is 3. The Morgan fingerprint density at radius 1 is 1.35 bits per heavy atom. The van der Waals surface area contributed by atoms with E-state index in [4.69, 9.17) is 18.0 Å². The molecule has 1 aromatic rings. The number of rotatable bonds is 3. The molecule has 3 nitrogen and oxygen atoms in total. The molecule has 3 N–H and O–H groups in total. The van der Waals surface area contributed by atoms with Crippen LogP contribution in [-0.2, 0) is 6.18 Å². The van der Waals surface area contributed by atoms with Crippen molar-refractivity contribution in [3.05, 3.63) is 23.4 Å². The average Bonchev–Trinajstić information content (AvgIpc) is 2.74. The molecule has 7 heteroatoms. The molecule has 1 heterocycles. The van der Waals surface area contributed by atoms with Crippen molar-refractivity contribution in [3.8, 4) is 0 Å². The summed E-state index contributed by atoms with van der Waals surface area (Å²) in [6.07, 6.45) is -0.610. The van der Waals surface area contributed by atoms with Crippen molar-refractivity contribution in [3.63, 3.8) is 0 Å². The molecule has 0 atom stereocenters. The van der Waals surface area contributed by atoms with E-state index < -0.39 is 11.9 Å². The van der Waals surface area contributed by atoms with Gasteiger partial charge in [0.25, 0.3) is 0 Å². The average molecular weight is 303 g/mol. The molecule has 0 aliphatic heterocycles. The van der Waals surface area contributed by atoms with Crippen molar-refractivity contribution < 1.29 is 13.2 Å². The van der Waals surface area contributed by atoms with Crippen LogP contribution in [0.25, 0.3) is 0 Å².